The third kappa shape index (κ3) is 4.83. The van der Waals surface area contributed by atoms with Crippen LogP contribution in [0.3, 0.4) is 0 Å². The first-order chi connectivity index (χ1) is 18.0. The molecule has 0 radical (unpaired) electrons. The molecule has 0 aliphatic heterocycles. The van der Waals surface area contributed by atoms with E-state index >= 15 is 0 Å². The lowest BCUT2D eigenvalue weighted by atomic mass is 9.50. The van der Waals surface area contributed by atoms with E-state index in [-0.39, 0.29) is 11.3 Å². The summed E-state index contributed by atoms with van der Waals surface area (Å²) < 4.78 is 27.9. The van der Waals surface area contributed by atoms with Crippen LogP contribution in [0.2, 0.25) is 0 Å². The highest BCUT2D eigenvalue weighted by Crippen LogP contribution is 2.65. The smallest absolute Gasteiger partial charge is 0.181 e. The molecule has 4 aliphatic carbocycles. The fourth-order valence-electron chi connectivity index (χ4n) is 9.67. The highest BCUT2D eigenvalue weighted by atomic mass is 32.2. The highest BCUT2D eigenvalue weighted by Gasteiger charge is 2.58. The Labute approximate surface area is 231 Å². The lowest BCUT2D eigenvalue weighted by Gasteiger charge is -2.55. The summed E-state index contributed by atoms with van der Waals surface area (Å²) in [4.78, 5) is 0.387. The third-order valence-corrected chi connectivity index (χ3v) is 14.3. The van der Waals surface area contributed by atoms with Gasteiger partial charge in [0.1, 0.15) is 0 Å². The summed E-state index contributed by atoms with van der Waals surface area (Å²) in [6, 6.07) is 8.90. The third-order valence-electron chi connectivity index (χ3n) is 12.0. The molecule has 0 saturated heterocycles. The van der Waals surface area contributed by atoms with Crippen molar-refractivity contribution < 1.29 is 18.6 Å². The van der Waals surface area contributed by atoms with Crippen LogP contribution in [0.25, 0.3) is 0 Å². The fourth-order valence-corrected chi connectivity index (χ4v) is 11.8. The predicted octanol–water partition coefficient (Wildman–Crippen LogP) is 6.96. The number of allylic oxidation sites excluding steroid dienone is 1. The minimum Gasteiger partial charge on any atom is -0.393 e. The Morgan fingerprint density at radius 2 is 1.76 bits per heavy atom. The number of fused-ring (bicyclic) bond motifs is 5. The second kappa shape index (κ2) is 10.7. The van der Waals surface area contributed by atoms with Gasteiger partial charge in [-0.15, -0.1) is 0 Å². The van der Waals surface area contributed by atoms with Gasteiger partial charge in [0.05, 0.1) is 21.9 Å². The van der Waals surface area contributed by atoms with Crippen molar-refractivity contribution >= 4 is 9.84 Å². The molecule has 0 bridgehead atoms. The Morgan fingerprint density at radius 1 is 1.03 bits per heavy atom. The maximum absolute atomic E-state index is 14.0. The number of aliphatic hydroxyl groups is 2. The molecule has 0 aromatic heterocycles. The largest absolute Gasteiger partial charge is 0.393 e. The van der Waals surface area contributed by atoms with Crippen LogP contribution < -0.4 is 0 Å². The van der Waals surface area contributed by atoms with E-state index in [1.807, 2.05) is 13.0 Å². The van der Waals surface area contributed by atoms with Gasteiger partial charge in [0.2, 0.25) is 0 Å². The normalized spacial score (nSPS) is 39.3. The van der Waals surface area contributed by atoms with Gasteiger partial charge in [-0.2, -0.15) is 0 Å². The van der Waals surface area contributed by atoms with Crippen LogP contribution >= 0.6 is 0 Å². The Hall–Kier alpha value is -1.17. The number of sulfone groups is 1. The Kier molecular flexibility index (Phi) is 7.96. The van der Waals surface area contributed by atoms with Crippen molar-refractivity contribution in [3.05, 3.63) is 42.0 Å². The zero-order valence-electron chi connectivity index (χ0n) is 24.0. The first-order valence-electron chi connectivity index (χ1n) is 15.4. The molecule has 0 spiro atoms. The SMILES string of the molecule is CC[C@@H](O)CC([C@@H](C)[C@H]1CC[C@H]2[C@@H]3CC=C4C[C@](O)(CC)CC[C@@H]4[C@H]3CC[C@]12C)S(=O)(=O)c1ccccc1. The van der Waals surface area contributed by atoms with Crippen LogP contribution in [0.5, 0.6) is 0 Å². The molecule has 38 heavy (non-hydrogen) atoms. The lowest BCUT2D eigenvalue weighted by Crippen LogP contribution is -2.49. The van der Waals surface area contributed by atoms with Crippen LogP contribution in [0.15, 0.2) is 46.9 Å². The maximum Gasteiger partial charge on any atom is 0.181 e. The molecule has 10 atom stereocenters. The topological polar surface area (TPSA) is 74.6 Å². The molecule has 4 aliphatic rings. The van der Waals surface area contributed by atoms with Crippen molar-refractivity contribution in [2.75, 3.05) is 0 Å². The summed E-state index contributed by atoms with van der Waals surface area (Å²) in [5.74, 6) is 3.01. The minimum absolute atomic E-state index is 0.00288. The van der Waals surface area contributed by atoms with Crippen LogP contribution in [-0.2, 0) is 9.84 Å². The van der Waals surface area contributed by atoms with Gasteiger partial charge < -0.3 is 10.2 Å². The van der Waals surface area contributed by atoms with E-state index in [2.05, 4.69) is 26.8 Å². The maximum atomic E-state index is 14.0. The Morgan fingerprint density at radius 3 is 2.45 bits per heavy atom. The van der Waals surface area contributed by atoms with Gasteiger partial charge in [0.25, 0.3) is 0 Å². The average molecular weight is 543 g/mol. The molecule has 1 aromatic carbocycles. The molecule has 3 saturated carbocycles. The summed E-state index contributed by atoms with van der Waals surface area (Å²) >= 11 is 0. The first-order valence-corrected chi connectivity index (χ1v) is 17.0. The van der Waals surface area contributed by atoms with E-state index in [1.165, 1.54) is 24.8 Å². The molecule has 1 unspecified atom stereocenters. The van der Waals surface area contributed by atoms with E-state index in [9.17, 15) is 18.6 Å². The number of aliphatic hydroxyl groups excluding tert-OH is 1. The second-order valence-corrected chi connectivity index (χ2v) is 15.8. The zero-order chi connectivity index (χ0) is 27.3. The molecule has 2 N–H and O–H groups in total. The summed E-state index contributed by atoms with van der Waals surface area (Å²) in [5, 5.41) is 21.1. The standard InChI is InChI=1S/C33H50O4S/c1-5-24(34)20-31(38(36,37)25-10-8-7-9-11-25)22(3)29-14-15-30-28-13-12-23-21-33(35,6-2)19-17-26(23)27(28)16-18-32(29,30)4/h7-12,22,24,26-31,34-35H,5-6,13-21H2,1-4H3/t22-,24+,26-,27+,28+,29+,30-,31?,32+,33-/m0/s1. The molecule has 0 heterocycles. The lowest BCUT2D eigenvalue weighted by molar-refractivity contribution is -0.0462. The Bertz CT molecular complexity index is 1110. The summed E-state index contributed by atoms with van der Waals surface area (Å²) in [6.45, 7) is 8.69. The van der Waals surface area contributed by atoms with Crippen LogP contribution in [-0.4, -0.2) is 35.6 Å². The van der Waals surface area contributed by atoms with E-state index in [4.69, 9.17) is 0 Å². The van der Waals surface area contributed by atoms with E-state index in [0.29, 0.717) is 47.3 Å². The van der Waals surface area contributed by atoms with Gasteiger partial charge in [-0.25, -0.2) is 8.42 Å². The molecule has 3 fully saturated rings. The number of hydrogen-bond acceptors (Lipinski definition) is 4. The minimum atomic E-state index is -3.55. The van der Waals surface area contributed by atoms with Crippen LogP contribution in [0, 0.1) is 40.9 Å². The van der Waals surface area contributed by atoms with Crippen molar-refractivity contribution in [2.24, 2.45) is 40.9 Å². The number of benzene rings is 1. The van der Waals surface area contributed by atoms with E-state index < -0.39 is 26.8 Å². The average Bonchev–Trinajstić information content (AvgIpc) is 3.28. The van der Waals surface area contributed by atoms with E-state index in [0.717, 1.165) is 38.5 Å². The van der Waals surface area contributed by atoms with Gasteiger partial charge in [-0.3, -0.25) is 0 Å². The van der Waals surface area contributed by atoms with Gasteiger partial charge in [-0.05, 0) is 124 Å². The van der Waals surface area contributed by atoms with E-state index in [1.54, 1.807) is 24.3 Å². The molecule has 0 amide bonds. The molecule has 5 rings (SSSR count). The summed E-state index contributed by atoms with van der Waals surface area (Å²) in [6.07, 6.45) is 12.3. The second-order valence-electron chi connectivity index (χ2n) is 13.6. The number of hydrogen-bond donors (Lipinski definition) is 2. The first kappa shape index (κ1) is 28.4. The van der Waals surface area contributed by atoms with Crippen molar-refractivity contribution in [2.45, 2.75) is 120 Å². The summed E-state index contributed by atoms with van der Waals surface area (Å²) in [5.41, 5.74) is 1.16. The molecule has 5 heteroatoms. The zero-order valence-corrected chi connectivity index (χ0v) is 24.8. The summed E-state index contributed by atoms with van der Waals surface area (Å²) in [7, 11) is -3.55. The van der Waals surface area contributed by atoms with Gasteiger partial charge in [0, 0.05) is 0 Å². The van der Waals surface area contributed by atoms with Crippen molar-refractivity contribution in [3.8, 4) is 0 Å². The Balaban J connectivity index is 1.40. The number of rotatable bonds is 8. The van der Waals surface area contributed by atoms with Crippen molar-refractivity contribution in [1.29, 1.82) is 0 Å². The van der Waals surface area contributed by atoms with Crippen molar-refractivity contribution in [1.82, 2.24) is 0 Å². The fraction of sp³-hybridized carbons (Fsp3) is 0.758. The quantitative estimate of drug-likeness (QED) is 0.348. The predicted molar refractivity (Wildman–Crippen MR) is 153 cm³/mol. The van der Waals surface area contributed by atoms with Crippen LogP contribution in [0.1, 0.15) is 98.3 Å². The van der Waals surface area contributed by atoms with Gasteiger partial charge in [0.15, 0.2) is 9.84 Å². The molecule has 1 aromatic rings. The molecular weight excluding hydrogens is 492 g/mol. The highest BCUT2D eigenvalue weighted by molar-refractivity contribution is 7.92. The van der Waals surface area contributed by atoms with Crippen LogP contribution in [0.4, 0.5) is 0 Å². The van der Waals surface area contributed by atoms with Gasteiger partial charge >= 0.3 is 0 Å². The van der Waals surface area contributed by atoms with Crippen molar-refractivity contribution in [3.63, 3.8) is 0 Å². The monoisotopic (exact) mass is 542 g/mol. The molecular formula is C33H50O4S. The molecule has 4 nitrogen and oxygen atoms in total. The molecule has 212 valence electrons. The van der Waals surface area contributed by atoms with Gasteiger partial charge in [-0.1, -0.05) is 57.5 Å².